The third-order valence-electron chi connectivity index (χ3n) is 2.32. The Morgan fingerprint density at radius 3 is 2.89 bits per heavy atom. The lowest BCUT2D eigenvalue weighted by Crippen LogP contribution is -2.06. The summed E-state index contributed by atoms with van der Waals surface area (Å²) in [6, 6.07) is 5.63. The number of methoxy groups -OCH3 is 1. The predicted octanol–water partition coefficient (Wildman–Crippen LogP) is 1.61. The summed E-state index contributed by atoms with van der Waals surface area (Å²) in [6.45, 7) is 0. The van der Waals surface area contributed by atoms with Gasteiger partial charge in [0.05, 0.1) is 18.4 Å². The molecule has 0 saturated heterocycles. The van der Waals surface area contributed by atoms with Gasteiger partial charge >= 0.3 is 5.97 Å². The molecule has 0 atom stereocenters. The smallest absolute Gasteiger partial charge is 0.359 e. The number of benzene rings is 1. The average Bonchev–Trinajstić information content (AvgIpc) is 2.82. The Morgan fingerprint density at radius 2 is 2.28 bits per heavy atom. The van der Waals surface area contributed by atoms with Crippen molar-refractivity contribution in [2.75, 3.05) is 7.11 Å². The van der Waals surface area contributed by atoms with Crippen LogP contribution in [0.1, 0.15) is 20.8 Å². The summed E-state index contributed by atoms with van der Waals surface area (Å²) in [7, 11) is 1.19. The Labute approximate surface area is 102 Å². The van der Waals surface area contributed by atoms with Crippen LogP contribution in [0.25, 0.3) is 5.69 Å². The molecule has 0 aliphatic carbocycles. The number of ether oxygens (including phenoxy) is 1. The highest BCUT2D eigenvalue weighted by Crippen LogP contribution is 2.13. The number of carbonyl (C=O) groups is 2. The molecule has 0 N–H and O–H groups in total. The van der Waals surface area contributed by atoms with Crippen LogP contribution in [-0.2, 0) is 4.74 Å². The van der Waals surface area contributed by atoms with E-state index in [9.17, 15) is 14.0 Å². The van der Waals surface area contributed by atoms with Crippen molar-refractivity contribution in [3.8, 4) is 5.69 Å². The Bertz CT molecular complexity index is 607. The van der Waals surface area contributed by atoms with Crippen LogP contribution in [0.15, 0.2) is 30.5 Å². The van der Waals surface area contributed by atoms with Gasteiger partial charge in [0.1, 0.15) is 5.82 Å². The molecule has 0 unspecified atom stereocenters. The lowest BCUT2D eigenvalue weighted by molar-refractivity contribution is 0.0591. The van der Waals surface area contributed by atoms with Gasteiger partial charge in [-0.3, -0.25) is 4.79 Å². The van der Waals surface area contributed by atoms with Crippen molar-refractivity contribution < 1.29 is 18.7 Å². The Kier molecular flexibility index (Phi) is 3.18. The highest BCUT2D eigenvalue weighted by molar-refractivity contribution is 5.96. The van der Waals surface area contributed by atoms with Gasteiger partial charge in [0.15, 0.2) is 12.0 Å². The van der Waals surface area contributed by atoms with Gasteiger partial charge in [-0.15, -0.1) is 0 Å². The molecule has 2 aromatic rings. The van der Waals surface area contributed by atoms with Crippen LogP contribution in [0.4, 0.5) is 4.39 Å². The number of rotatable bonds is 3. The minimum Gasteiger partial charge on any atom is -0.464 e. The number of halogens is 1. The van der Waals surface area contributed by atoms with E-state index in [-0.39, 0.29) is 11.3 Å². The van der Waals surface area contributed by atoms with Crippen molar-refractivity contribution in [3.05, 3.63) is 47.5 Å². The largest absolute Gasteiger partial charge is 0.464 e. The van der Waals surface area contributed by atoms with Gasteiger partial charge in [-0.2, -0.15) is 5.10 Å². The van der Waals surface area contributed by atoms with Crippen LogP contribution in [0, 0.1) is 5.82 Å². The lowest BCUT2D eigenvalue weighted by Gasteiger charge is -2.00. The second-order valence-corrected chi connectivity index (χ2v) is 3.47. The molecule has 0 aliphatic heterocycles. The fourth-order valence-electron chi connectivity index (χ4n) is 1.48. The second-order valence-electron chi connectivity index (χ2n) is 3.47. The molecule has 0 fully saturated rings. The second kappa shape index (κ2) is 4.79. The normalized spacial score (nSPS) is 10.1. The van der Waals surface area contributed by atoms with Crippen LogP contribution in [0.2, 0.25) is 0 Å². The molecule has 0 radical (unpaired) electrons. The van der Waals surface area contributed by atoms with Gasteiger partial charge in [0, 0.05) is 6.20 Å². The number of carbonyl (C=O) groups excluding carboxylic acids is 2. The summed E-state index contributed by atoms with van der Waals surface area (Å²) >= 11 is 0. The standard InChI is InChI=1S/C12H9FN2O3/c1-18-12(17)11-8(7-16)6-15(14-11)10-4-2-3-9(13)5-10/h2-7H,1H3. The van der Waals surface area contributed by atoms with Crippen molar-refractivity contribution in [3.63, 3.8) is 0 Å². The zero-order valence-corrected chi connectivity index (χ0v) is 9.46. The molecule has 0 amide bonds. The van der Waals surface area contributed by atoms with E-state index in [1.165, 1.54) is 36.2 Å². The first-order valence-electron chi connectivity index (χ1n) is 5.05. The van der Waals surface area contributed by atoms with Crippen LogP contribution in [0.5, 0.6) is 0 Å². The number of nitrogens with zero attached hydrogens (tertiary/aromatic N) is 2. The minimum atomic E-state index is -0.716. The van der Waals surface area contributed by atoms with E-state index in [0.29, 0.717) is 12.0 Å². The molecule has 1 aromatic carbocycles. The molecule has 5 nitrogen and oxygen atoms in total. The van der Waals surface area contributed by atoms with Gasteiger partial charge < -0.3 is 4.74 Å². The van der Waals surface area contributed by atoms with Crippen molar-refractivity contribution >= 4 is 12.3 Å². The third-order valence-corrected chi connectivity index (χ3v) is 2.32. The van der Waals surface area contributed by atoms with Crippen LogP contribution >= 0.6 is 0 Å². The maximum atomic E-state index is 13.1. The first-order valence-corrected chi connectivity index (χ1v) is 5.05. The van der Waals surface area contributed by atoms with Gasteiger partial charge in [-0.25, -0.2) is 13.9 Å². The van der Waals surface area contributed by atoms with Crippen LogP contribution in [-0.4, -0.2) is 29.1 Å². The summed E-state index contributed by atoms with van der Waals surface area (Å²) in [6.07, 6.45) is 1.84. The van der Waals surface area contributed by atoms with E-state index in [1.807, 2.05) is 0 Å². The van der Waals surface area contributed by atoms with Crippen LogP contribution < -0.4 is 0 Å². The first-order chi connectivity index (χ1) is 8.65. The quantitative estimate of drug-likeness (QED) is 0.611. The van der Waals surface area contributed by atoms with E-state index in [0.717, 1.165) is 0 Å². The molecule has 0 spiro atoms. The Hall–Kier alpha value is -2.50. The van der Waals surface area contributed by atoms with E-state index >= 15 is 0 Å². The van der Waals surface area contributed by atoms with Gasteiger partial charge in [-0.1, -0.05) is 6.07 Å². The van der Waals surface area contributed by atoms with Crippen molar-refractivity contribution in [1.29, 1.82) is 0 Å². The summed E-state index contributed by atoms with van der Waals surface area (Å²) in [5.74, 6) is -1.15. The van der Waals surface area contributed by atoms with Gasteiger partial charge in [0.2, 0.25) is 0 Å². The van der Waals surface area contributed by atoms with E-state index < -0.39 is 11.8 Å². The van der Waals surface area contributed by atoms with E-state index in [4.69, 9.17) is 0 Å². The Morgan fingerprint density at radius 1 is 1.50 bits per heavy atom. The minimum absolute atomic E-state index is 0.0890. The highest BCUT2D eigenvalue weighted by atomic mass is 19.1. The maximum absolute atomic E-state index is 13.1. The van der Waals surface area contributed by atoms with Gasteiger partial charge in [0.25, 0.3) is 0 Å². The molecule has 1 heterocycles. The molecular formula is C12H9FN2O3. The zero-order chi connectivity index (χ0) is 13.1. The molecule has 18 heavy (non-hydrogen) atoms. The van der Waals surface area contributed by atoms with Crippen molar-refractivity contribution in [2.24, 2.45) is 0 Å². The summed E-state index contributed by atoms with van der Waals surface area (Å²) in [5, 5.41) is 3.91. The monoisotopic (exact) mass is 248 g/mol. The molecule has 92 valence electrons. The van der Waals surface area contributed by atoms with E-state index in [2.05, 4.69) is 9.84 Å². The van der Waals surface area contributed by atoms with Crippen molar-refractivity contribution in [1.82, 2.24) is 9.78 Å². The molecule has 0 bridgehead atoms. The SMILES string of the molecule is COC(=O)c1nn(-c2cccc(F)c2)cc1C=O. The van der Waals surface area contributed by atoms with E-state index in [1.54, 1.807) is 6.07 Å². The summed E-state index contributed by atoms with van der Waals surface area (Å²) in [5.41, 5.74) is 0.399. The fourth-order valence-corrected chi connectivity index (χ4v) is 1.48. The molecule has 6 heteroatoms. The number of aldehydes is 1. The molecule has 2 rings (SSSR count). The molecule has 0 aliphatic rings. The number of hydrogen-bond donors (Lipinski definition) is 0. The fraction of sp³-hybridized carbons (Fsp3) is 0.0833. The number of hydrogen-bond acceptors (Lipinski definition) is 4. The first kappa shape index (κ1) is 12.0. The predicted molar refractivity (Wildman–Crippen MR) is 60.2 cm³/mol. The molecule has 0 saturated carbocycles. The molecular weight excluding hydrogens is 239 g/mol. The number of aromatic nitrogens is 2. The van der Waals surface area contributed by atoms with Crippen LogP contribution in [0.3, 0.4) is 0 Å². The Balaban J connectivity index is 2.50. The highest BCUT2D eigenvalue weighted by Gasteiger charge is 2.17. The van der Waals surface area contributed by atoms with Crippen molar-refractivity contribution in [2.45, 2.75) is 0 Å². The number of esters is 1. The zero-order valence-electron chi connectivity index (χ0n) is 9.46. The summed E-state index contributed by atoms with van der Waals surface area (Å²) < 4.78 is 18.8. The molecule has 1 aromatic heterocycles. The maximum Gasteiger partial charge on any atom is 0.359 e. The average molecular weight is 248 g/mol. The summed E-state index contributed by atoms with van der Waals surface area (Å²) in [4.78, 5) is 22.2. The topological polar surface area (TPSA) is 61.2 Å². The third kappa shape index (κ3) is 2.13. The van der Waals surface area contributed by atoms with Gasteiger partial charge in [-0.05, 0) is 18.2 Å². The lowest BCUT2D eigenvalue weighted by atomic mass is 10.3.